The van der Waals surface area contributed by atoms with Crippen LogP contribution in [0.3, 0.4) is 0 Å². The summed E-state index contributed by atoms with van der Waals surface area (Å²) in [5, 5.41) is 1.04. The summed E-state index contributed by atoms with van der Waals surface area (Å²) in [6, 6.07) is 9.75. The third-order valence-electron chi connectivity index (χ3n) is 3.57. The van der Waals surface area contributed by atoms with E-state index in [1.807, 2.05) is 36.9 Å². The van der Waals surface area contributed by atoms with Crippen molar-refractivity contribution < 1.29 is 9.59 Å². The van der Waals surface area contributed by atoms with Crippen LogP contribution in [0.1, 0.15) is 13.8 Å². The summed E-state index contributed by atoms with van der Waals surface area (Å²) in [5.74, 6) is -0.0535. The molecule has 1 aromatic carbocycles. The van der Waals surface area contributed by atoms with E-state index in [0.717, 1.165) is 5.19 Å². The zero-order valence-electron chi connectivity index (χ0n) is 11.6. The molecule has 0 saturated carbocycles. The SMILES string of the molecule is CC(=O)N(C)[Si](C)(c1ccccc1)N(C)C(C)=O. The van der Waals surface area contributed by atoms with Crippen LogP contribution in [0.15, 0.2) is 30.3 Å². The lowest BCUT2D eigenvalue weighted by Crippen LogP contribution is -2.70. The average Bonchev–Trinajstić information content (AvgIpc) is 2.36. The van der Waals surface area contributed by atoms with Crippen LogP contribution < -0.4 is 5.19 Å². The second-order valence-corrected chi connectivity index (χ2v) is 8.50. The number of hydrogen-bond acceptors (Lipinski definition) is 2. The fraction of sp³-hybridized carbons (Fsp3) is 0.385. The highest BCUT2D eigenvalue weighted by Gasteiger charge is 2.42. The summed E-state index contributed by atoms with van der Waals surface area (Å²) < 4.78 is 3.42. The van der Waals surface area contributed by atoms with E-state index in [4.69, 9.17) is 0 Å². The Morgan fingerprint density at radius 3 is 1.67 bits per heavy atom. The molecule has 0 aromatic heterocycles. The smallest absolute Gasteiger partial charge is 0.298 e. The molecule has 0 radical (unpaired) electrons. The van der Waals surface area contributed by atoms with Crippen molar-refractivity contribution in [2.75, 3.05) is 14.1 Å². The van der Waals surface area contributed by atoms with Crippen molar-refractivity contribution in [3.8, 4) is 0 Å². The highest BCUT2D eigenvalue weighted by atomic mass is 28.3. The van der Waals surface area contributed by atoms with Gasteiger partial charge < -0.3 is 9.13 Å². The minimum absolute atomic E-state index is 0.0267. The molecule has 2 amide bonds. The van der Waals surface area contributed by atoms with Gasteiger partial charge in [0.15, 0.2) is 0 Å². The van der Waals surface area contributed by atoms with Gasteiger partial charge in [-0.05, 0) is 11.7 Å². The standard InChI is InChI=1S/C13H20N2O2Si/c1-11(16)14(3)18(5,15(4)12(2)17)13-9-7-6-8-10-13/h6-10H,1-5H3. The maximum atomic E-state index is 11.7. The molecule has 0 aliphatic heterocycles. The number of hydrogen-bond donors (Lipinski definition) is 0. The van der Waals surface area contributed by atoms with Gasteiger partial charge in [0.05, 0.1) is 0 Å². The first-order valence-corrected chi connectivity index (χ1v) is 8.25. The molecule has 0 unspecified atom stereocenters. The van der Waals surface area contributed by atoms with E-state index in [0.29, 0.717) is 0 Å². The summed E-state index contributed by atoms with van der Waals surface area (Å²) in [5.41, 5.74) is 0. The number of benzene rings is 1. The average molecular weight is 264 g/mol. The third-order valence-corrected chi connectivity index (χ3v) is 8.24. The van der Waals surface area contributed by atoms with Crippen molar-refractivity contribution in [1.82, 2.24) is 9.13 Å². The molecule has 0 bridgehead atoms. The maximum Gasteiger partial charge on any atom is 0.298 e. The molecule has 5 heteroatoms. The van der Waals surface area contributed by atoms with Crippen molar-refractivity contribution in [3.63, 3.8) is 0 Å². The Balaban J connectivity index is 3.34. The molecular formula is C13H20N2O2Si. The summed E-state index contributed by atoms with van der Waals surface area (Å²) in [6.07, 6.45) is 0. The molecule has 18 heavy (non-hydrogen) atoms. The van der Waals surface area contributed by atoms with Gasteiger partial charge in [0.1, 0.15) is 0 Å². The molecule has 0 N–H and O–H groups in total. The van der Waals surface area contributed by atoms with Crippen LogP contribution >= 0.6 is 0 Å². The normalized spacial score (nSPS) is 10.9. The van der Waals surface area contributed by atoms with Gasteiger partial charge in [-0.1, -0.05) is 30.3 Å². The molecule has 0 heterocycles. The molecule has 98 valence electrons. The molecule has 0 atom stereocenters. The molecule has 4 nitrogen and oxygen atoms in total. The van der Waals surface area contributed by atoms with Crippen LogP contribution in [0.25, 0.3) is 0 Å². The van der Waals surface area contributed by atoms with Crippen LogP contribution in [-0.2, 0) is 9.59 Å². The Kier molecular flexibility index (Phi) is 4.29. The second kappa shape index (κ2) is 5.35. The lowest BCUT2D eigenvalue weighted by Gasteiger charge is -2.42. The number of carbonyl (C=O) groups excluding carboxylic acids is 2. The molecule has 1 rings (SSSR count). The second-order valence-electron chi connectivity index (χ2n) is 4.54. The highest BCUT2D eigenvalue weighted by molar-refractivity contribution is 6.89. The summed E-state index contributed by atoms with van der Waals surface area (Å²) in [7, 11) is 1.04. The van der Waals surface area contributed by atoms with Gasteiger partial charge in [-0.25, -0.2) is 0 Å². The van der Waals surface area contributed by atoms with E-state index in [1.54, 1.807) is 23.2 Å². The molecule has 0 fully saturated rings. The van der Waals surface area contributed by atoms with E-state index in [-0.39, 0.29) is 11.8 Å². The molecule has 0 aliphatic carbocycles. The third kappa shape index (κ3) is 2.45. The van der Waals surface area contributed by atoms with Crippen LogP contribution in [0.5, 0.6) is 0 Å². The molecule has 0 saturated heterocycles. The summed E-state index contributed by atoms with van der Waals surface area (Å²) >= 11 is 0. The van der Waals surface area contributed by atoms with E-state index in [1.165, 1.54) is 13.8 Å². The fourth-order valence-electron chi connectivity index (χ4n) is 1.98. The lowest BCUT2D eigenvalue weighted by molar-refractivity contribution is -0.126. The van der Waals surface area contributed by atoms with Gasteiger partial charge in [-0.2, -0.15) is 0 Å². The Labute approximate surface area is 109 Å². The monoisotopic (exact) mass is 264 g/mol. The maximum absolute atomic E-state index is 11.7. The number of rotatable bonds is 3. The first-order chi connectivity index (χ1) is 8.31. The van der Waals surface area contributed by atoms with Gasteiger partial charge in [-0.15, -0.1) is 0 Å². The summed E-state index contributed by atoms with van der Waals surface area (Å²) in [6.45, 7) is 5.06. The molecular weight excluding hydrogens is 244 g/mol. The van der Waals surface area contributed by atoms with Crippen LogP contribution in [0.4, 0.5) is 0 Å². The predicted octanol–water partition coefficient (Wildman–Crippen LogP) is 0.922. The van der Waals surface area contributed by atoms with Gasteiger partial charge >= 0.3 is 0 Å². The van der Waals surface area contributed by atoms with Crippen molar-refractivity contribution in [3.05, 3.63) is 30.3 Å². The predicted molar refractivity (Wildman–Crippen MR) is 74.6 cm³/mol. The Morgan fingerprint density at radius 2 is 1.33 bits per heavy atom. The van der Waals surface area contributed by atoms with E-state index in [2.05, 4.69) is 0 Å². The Hall–Kier alpha value is -1.62. The van der Waals surface area contributed by atoms with Gasteiger partial charge in [0.25, 0.3) is 8.40 Å². The largest absolute Gasteiger partial charge is 0.351 e. The first kappa shape index (κ1) is 14.4. The Morgan fingerprint density at radius 1 is 0.944 bits per heavy atom. The van der Waals surface area contributed by atoms with Crippen LogP contribution in [0.2, 0.25) is 6.55 Å². The van der Waals surface area contributed by atoms with Gasteiger partial charge in [-0.3, -0.25) is 9.59 Å². The van der Waals surface area contributed by atoms with E-state index < -0.39 is 8.40 Å². The van der Waals surface area contributed by atoms with Crippen LogP contribution in [0, 0.1) is 0 Å². The fourth-order valence-corrected chi connectivity index (χ4v) is 5.25. The zero-order chi connectivity index (χ0) is 13.9. The first-order valence-electron chi connectivity index (χ1n) is 5.86. The van der Waals surface area contributed by atoms with Crippen molar-refractivity contribution in [1.29, 1.82) is 0 Å². The van der Waals surface area contributed by atoms with Gasteiger partial charge in [0, 0.05) is 27.9 Å². The van der Waals surface area contributed by atoms with Crippen molar-refractivity contribution in [2.24, 2.45) is 0 Å². The molecule has 1 aromatic rings. The van der Waals surface area contributed by atoms with Gasteiger partial charge in [0.2, 0.25) is 11.8 Å². The molecule has 0 spiro atoms. The minimum atomic E-state index is -2.49. The number of amides is 2. The van der Waals surface area contributed by atoms with Crippen molar-refractivity contribution >= 4 is 25.4 Å². The quantitative estimate of drug-likeness (QED) is 0.762. The lowest BCUT2D eigenvalue weighted by atomic mass is 10.4. The topological polar surface area (TPSA) is 40.6 Å². The molecule has 0 aliphatic rings. The highest BCUT2D eigenvalue weighted by Crippen LogP contribution is 2.13. The van der Waals surface area contributed by atoms with Crippen molar-refractivity contribution in [2.45, 2.75) is 20.4 Å². The van der Waals surface area contributed by atoms with E-state index in [9.17, 15) is 9.59 Å². The number of nitrogens with zero attached hydrogens (tertiary/aromatic N) is 2. The van der Waals surface area contributed by atoms with Crippen LogP contribution in [-0.4, -0.2) is 43.4 Å². The number of carbonyl (C=O) groups is 2. The zero-order valence-corrected chi connectivity index (χ0v) is 12.6. The van der Waals surface area contributed by atoms with E-state index >= 15 is 0 Å². The minimum Gasteiger partial charge on any atom is -0.351 e. The Bertz CT molecular complexity index is 428. The summed E-state index contributed by atoms with van der Waals surface area (Å²) in [4.78, 5) is 23.4.